The molecule has 0 spiro atoms. The van der Waals surface area contributed by atoms with E-state index < -0.39 is 5.82 Å². The van der Waals surface area contributed by atoms with E-state index in [1.54, 1.807) is 26.0 Å². The second kappa shape index (κ2) is 5.12. The highest BCUT2D eigenvalue weighted by Crippen LogP contribution is 2.14. The van der Waals surface area contributed by atoms with Crippen molar-refractivity contribution < 1.29 is 9.18 Å². The van der Waals surface area contributed by atoms with Gasteiger partial charge < -0.3 is 5.32 Å². The van der Waals surface area contributed by atoms with Crippen molar-refractivity contribution in [1.29, 1.82) is 0 Å². The fourth-order valence-electron chi connectivity index (χ4n) is 1.05. The molecular weight excluding hydrogens is 217 g/mol. The zero-order valence-electron chi connectivity index (χ0n) is 8.68. The van der Waals surface area contributed by atoms with Crippen molar-refractivity contribution in [2.45, 2.75) is 20.4 Å². The van der Waals surface area contributed by atoms with E-state index in [1.165, 1.54) is 6.07 Å². The summed E-state index contributed by atoms with van der Waals surface area (Å²) < 4.78 is 13.3. The number of rotatable bonds is 3. The third-order valence-corrected chi connectivity index (χ3v) is 2.23. The Kier molecular flexibility index (Phi) is 4.09. The summed E-state index contributed by atoms with van der Waals surface area (Å²) in [4.78, 5) is 11.2. The molecule has 1 N–H and O–H groups in total. The molecule has 1 amide bonds. The largest absolute Gasteiger partial charge is 0.352 e. The quantitative estimate of drug-likeness (QED) is 0.849. The second-order valence-corrected chi connectivity index (χ2v) is 4.04. The number of carbonyl (C=O) groups excluding carboxylic acids is 1. The summed E-state index contributed by atoms with van der Waals surface area (Å²) in [6.07, 6.45) is 0. The van der Waals surface area contributed by atoms with Crippen molar-refractivity contribution in [3.8, 4) is 0 Å². The van der Waals surface area contributed by atoms with Gasteiger partial charge in [0.2, 0.25) is 5.91 Å². The molecule has 0 aliphatic rings. The number of carbonyl (C=O) groups is 1. The minimum atomic E-state index is -0.397. The molecule has 4 heteroatoms. The topological polar surface area (TPSA) is 29.1 Å². The highest BCUT2D eigenvalue weighted by atomic mass is 35.5. The Morgan fingerprint density at radius 1 is 1.53 bits per heavy atom. The highest BCUT2D eigenvalue weighted by Gasteiger charge is 2.08. The molecule has 0 fully saturated rings. The van der Waals surface area contributed by atoms with Gasteiger partial charge in [-0.2, -0.15) is 0 Å². The maximum atomic E-state index is 13.3. The summed E-state index contributed by atoms with van der Waals surface area (Å²) >= 11 is 5.60. The van der Waals surface area contributed by atoms with Crippen molar-refractivity contribution in [2.24, 2.45) is 5.92 Å². The molecule has 0 radical (unpaired) electrons. The van der Waals surface area contributed by atoms with E-state index in [2.05, 4.69) is 5.32 Å². The molecule has 0 aliphatic carbocycles. The van der Waals surface area contributed by atoms with Gasteiger partial charge in [-0.15, -0.1) is 0 Å². The van der Waals surface area contributed by atoms with Crippen LogP contribution in [0.2, 0.25) is 5.02 Å². The van der Waals surface area contributed by atoms with Gasteiger partial charge in [0.1, 0.15) is 5.82 Å². The van der Waals surface area contributed by atoms with Crippen LogP contribution in [0.3, 0.4) is 0 Å². The van der Waals surface area contributed by atoms with Crippen LogP contribution in [0.15, 0.2) is 18.2 Å². The Bertz CT molecular complexity index is 366. The average molecular weight is 230 g/mol. The fourth-order valence-corrected chi connectivity index (χ4v) is 1.21. The van der Waals surface area contributed by atoms with Gasteiger partial charge in [-0.3, -0.25) is 4.79 Å². The average Bonchev–Trinajstić information content (AvgIpc) is 2.15. The van der Waals surface area contributed by atoms with Gasteiger partial charge in [-0.1, -0.05) is 31.5 Å². The predicted molar refractivity (Wildman–Crippen MR) is 58.1 cm³/mol. The van der Waals surface area contributed by atoms with E-state index in [9.17, 15) is 9.18 Å². The lowest BCUT2D eigenvalue weighted by molar-refractivity contribution is -0.124. The number of nitrogens with one attached hydrogen (secondary N) is 1. The van der Waals surface area contributed by atoms with Crippen LogP contribution in [-0.4, -0.2) is 5.91 Å². The summed E-state index contributed by atoms with van der Waals surface area (Å²) in [6.45, 7) is 3.76. The number of hydrogen-bond acceptors (Lipinski definition) is 1. The van der Waals surface area contributed by atoms with Gasteiger partial charge in [0.05, 0.1) is 0 Å². The lowest BCUT2D eigenvalue weighted by Gasteiger charge is -2.08. The van der Waals surface area contributed by atoms with Crippen LogP contribution in [0.4, 0.5) is 4.39 Å². The minimum Gasteiger partial charge on any atom is -0.352 e. The Balaban J connectivity index is 2.62. The van der Waals surface area contributed by atoms with E-state index in [4.69, 9.17) is 11.6 Å². The Labute approximate surface area is 93.4 Å². The summed E-state index contributed by atoms with van der Waals surface area (Å²) in [7, 11) is 0. The molecule has 15 heavy (non-hydrogen) atoms. The molecule has 0 aromatic heterocycles. The third-order valence-electron chi connectivity index (χ3n) is 1.99. The van der Waals surface area contributed by atoms with Gasteiger partial charge >= 0.3 is 0 Å². The van der Waals surface area contributed by atoms with Crippen LogP contribution in [0.25, 0.3) is 0 Å². The first-order chi connectivity index (χ1) is 7.00. The Hall–Kier alpha value is -1.09. The smallest absolute Gasteiger partial charge is 0.222 e. The molecule has 0 aliphatic heterocycles. The Morgan fingerprint density at radius 2 is 2.20 bits per heavy atom. The van der Waals surface area contributed by atoms with Crippen molar-refractivity contribution in [3.05, 3.63) is 34.6 Å². The predicted octanol–water partition coefficient (Wildman–Crippen LogP) is 2.75. The highest BCUT2D eigenvalue weighted by molar-refractivity contribution is 6.30. The van der Waals surface area contributed by atoms with Crippen LogP contribution in [0.1, 0.15) is 19.4 Å². The lowest BCUT2D eigenvalue weighted by Crippen LogP contribution is -2.27. The Morgan fingerprint density at radius 3 is 2.73 bits per heavy atom. The molecule has 0 heterocycles. The lowest BCUT2D eigenvalue weighted by atomic mass is 10.2. The first kappa shape index (κ1) is 12.0. The molecular formula is C11H13ClFNO. The van der Waals surface area contributed by atoms with Crippen molar-refractivity contribution in [3.63, 3.8) is 0 Å². The van der Waals surface area contributed by atoms with Crippen LogP contribution in [0.5, 0.6) is 0 Å². The van der Waals surface area contributed by atoms with Crippen LogP contribution in [-0.2, 0) is 11.3 Å². The van der Waals surface area contributed by atoms with Gasteiger partial charge in [-0.05, 0) is 12.1 Å². The second-order valence-electron chi connectivity index (χ2n) is 3.61. The summed E-state index contributed by atoms with van der Waals surface area (Å²) in [5.41, 5.74) is 0.438. The number of amides is 1. The molecule has 82 valence electrons. The number of hydrogen-bond donors (Lipinski definition) is 1. The van der Waals surface area contributed by atoms with E-state index >= 15 is 0 Å². The molecule has 1 aromatic rings. The maximum absolute atomic E-state index is 13.3. The fraction of sp³-hybridized carbons (Fsp3) is 0.364. The minimum absolute atomic E-state index is 0.0932. The van der Waals surface area contributed by atoms with Crippen molar-refractivity contribution >= 4 is 17.5 Å². The van der Waals surface area contributed by atoms with Gasteiger partial charge in [0.25, 0.3) is 0 Å². The van der Waals surface area contributed by atoms with Crippen molar-refractivity contribution in [2.75, 3.05) is 0 Å². The van der Waals surface area contributed by atoms with E-state index in [0.717, 1.165) is 0 Å². The standard InChI is InChI=1S/C11H13ClFNO/c1-7(2)11(15)14-6-8-3-4-9(12)5-10(8)13/h3-5,7H,6H2,1-2H3,(H,14,15). The first-order valence-electron chi connectivity index (χ1n) is 4.72. The molecule has 0 unspecified atom stereocenters. The van der Waals surface area contributed by atoms with Gasteiger partial charge in [0.15, 0.2) is 0 Å². The first-order valence-corrected chi connectivity index (χ1v) is 5.10. The molecule has 0 bridgehead atoms. The van der Waals surface area contributed by atoms with Gasteiger partial charge in [0, 0.05) is 23.0 Å². The molecule has 1 aromatic carbocycles. The third kappa shape index (κ3) is 3.51. The number of benzene rings is 1. The van der Waals surface area contributed by atoms with E-state index in [0.29, 0.717) is 10.6 Å². The summed E-state index contributed by atoms with van der Waals surface area (Å²) in [6, 6.07) is 4.40. The molecule has 0 saturated heterocycles. The van der Waals surface area contributed by atoms with E-state index in [1.807, 2.05) is 0 Å². The molecule has 2 nitrogen and oxygen atoms in total. The van der Waals surface area contributed by atoms with Crippen LogP contribution >= 0.6 is 11.6 Å². The van der Waals surface area contributed by atoms with Crippen molar-refractivity contribution in [1.82, 2.24) is 5.32 Å². The zero-order chi connectivity index (χ0) is 11.4. The van der Waals surface area contributed by atoms with Gasteiger partial charge in [-0.25, -0.2) is 4.39 Å². The summed E-state index contributed by atoms with van der Waals surface area (Å²) in [5.74, 6) is -0.587. The maximum Gasteiger partial charge on any atom is 0.222 e. The normalized spacial score (nSPS) is 10.5. The molecule has 1 rings (SSSR count). The SMILES string of the molecule is CC(C)C(=O)NCc1ccc(Cl)cc1F. The van der Waals surface area contributed by atoms with Crippen LogP contribution < -0.4 is 5.32 Å². The zero-order valence-corrected chi connectivity index (χ0v) is 9.44. The monoisotopic (exact) mass is 229 g/mol. The molecule has 0 saturated carbocycles. The van der Waals surface area contributed by atoms with E-state index in [-0.39, 0.29) is 18.4 Å². The molecule has 0 atom stereocenters. The number of halogens is 2. The summed E-state index contributed by atoms with van der Waals surface area (Å²) in [5, 5.41) is 2.99. The van der Waals surface area contributed by atoms with Crippen LogP contribution in [0, 0.1) is 11.7 Å².